The van der Waals surface area contributed by atoms with Crippen LogP contribution in [0.25, 0.3) is 0 Å². The van der Waals surface area contributed by atoms with Gasteiger partial charge in [-0.05, 0) is 42.6 Å². The summed E-state index contributed by atoms with van der Waals surface area (Å²) >= 11 is 6.00. The van der Waals surface area contributed by atoms with E-state index in [0.29, 0.717) is 17.5 Å². The zero-order chi connectivity index (χ0) is 11.5. The Balaban J connectivity index is 2.01. The van der Waals surface area contributed by atoms with E-state index >= 15 is 0 Å². The molecule has 2 nitrogen and oxygen atoms in total. The van der Waals surface area contributed by atoms with Gasteiger partial charge in [-0.25, -0.2) is 4.39 Å². The van der Waals surface area contributed by atoms with Crippen LogP contribution in [0.15, 0.2) is 18.2 Å². The molecule has 1 aromatic rings. The molecule has 0 radical (unpaired) electrons. The fraction of sp³-hybridized carbons (Fsp3) is 0.500. The number of nitrogens with zero attached hydrogens (tertiary/aromatic N) is 1. The van der Waals surface area contributed by atoms with Gasteiger partial charge in [-0.2, -0.15) is 0 Å². The molecule has 0 saturated carbocycles. The normalized spacial score (nSPS) is 21.6. The first kappa shape index (κ1) is 11.8. The zero-order valence-corrected chi connectivity index (χ0v) is 9.75. The molecule has 16 heavy (non-hydrogen) atoms. The minimum absolute atomic E-state index is 0.230. The summed E-state index contributed by atoms with van der Waals surface area (Å²) < 4.78 is 13.0. The number of hydrogen-bond acceptors (Lipinski definition) is 2. The van der Waals surface area contributed by atoms with Crippen LogP contribution in [0.4, 0.5) is 4.39 Å². The highest BCUT2D eigenvalue weighted by molar-refractivity contribution is 6.31. The lowest BCUT2D eigenvalue weighted by Gasteiger charge is -2.16. The van der Waals surface area contributed by atoms with Gasteiger partial charge in [-0.3, -0.25) is 4.90 Å². The van der Waals surface area contributed by atoms with Gasteiger partial charge in [-0.15, -0.1) is 0 Å². The van der Waals surface area contributed by atoms with Crippen LogP contribution in [-0.4, -0.2) is 29.7 Å². The van der Waals surface area contributed by atoms with Crippen LogP contribution >= 0.6 is 11.6 Å². The molecule has 1 N–H and O–H groups in total. The second kappa shape index (κ2) is 5.13. The van der Waals surface area contributed by atoms with E-state index in [-0.39, 0.29) is 12.4 Å². The highest BCUT2D eigenvalue weighted by Crippen LogP contribution is 2.22. The number of aliphatic hydroxyl groups is 1. The van der Waals surface area contributed by atoms with Gasteiger partial charge in [-0.1, -0.05) is 11.6 Å². The molecular formula is C12H15ClFNO. The minimum Gasteiger partial charge on any atom is -0.396 e. The molecule has 88 valence electrons. The highest BCUT2D eigenvalue weighted by atomic mass is 35.5. The van der Waals surface area contributed by atoms with E-state index in [9.17, 15) is 4.39 Å². The summed E-state index contributed by atoms with van der Waals surface area (Å²) in [6.45, 7) is 2.70. The summed E-state index contributed by atoms with van der Waals surface area (Å²) in [5.41, 5.74) is 0.820. The molecule has 1 aromatic carbocycles. The second-order valence-electron chi connectivity index (χ2n) is 4.31. The third-order valence-corrected chi connectivity index (χ3v) is 3.40. The molecule has 0 spiro atoms. The summed E-state index contributed by atoms with van der Waals surface area (Å²) in [4.78, 5) is 2.20. The number of likely N-dealkylation sites (tertiary alicyclic amines) is 1. The van der Waals surface area contributed by atoms with Crippen LogP contribution in [0.5, 0.6) is 0 Å². The highest BCUT2D eigenvalue weighted by Gasteiger charge is 2.22. The maximum Gasteiger partial charge on any atom is 0.123 e. The van der Waals surface area contributed by atoms with Crippen molar-refractivity contribution in [2.24, 2.45) is 5.92 Å². The average Bonchev–Trinajstić information content (AvgIpc) is 2.71. The quantitative estimate of drug-likeness (QED) is 0.881. The minimum atomic E-state index is -0.252. The molecule has 1 unspecified atom stereocenters. The molecule has 1 aliphatic rings. The Morgan fingerprint density at radius 3 is 3.00 bits per heavy atom. The van der Waals surface area contributed by atoms with Crippen molar-refractivity contribution in [3.05, 3.63) is 34.6 Å². The van der Waals surface area contributed by atoms with Crippen molar-refractivity contribution in [2.75, 3.05) is 19.7 Å². The number of aliphatic hydroxyl groups excluding tert-OH is 1. The molecule has 0 bridgehead atoms. The summed E-state index contributed by atoms with van der Waals surface area (Å²) in [6.07, 6.45) is 1.00. The van der Waals surface area contributed by atoms with Gasteiger partial charge in [0.15, 0.2) is 0 Å². The Labute approximate surface area is 99.6 Å². The lowest BCUT2D eigenvalue weighted by atomic mass is 10.1. The fourth-order valence-electron chi connectivity index (χ4n) is 2.11. The molecule has 0 aromatic heterocycles. The zero-order valence-electron chi connectivity index (χ0n) is 9.00. The molecule has 1 fully saturated rings. The average molecular weight is 244 g/mol. The molecule has 0 aliphatic carbocycles. The predicted octanol–water partition coefficient (Wildman–Crippen LogP) is 2.29. The van der Waals surface area contributed by atoms with Gasteiger partial charge in [0.2, 0.25) is 0 Å². The summed E-state index contributed by atoms with van der Waals surface area (Å²) in [7, 11) is 0. The van der Waals surface area contributed by atoms with Gasteiger partial charge in [0.25, 0.3) is 0 Å². The van der Waals surface area contributed by atoms with Gasteiger partial charge in [0.05, 0.1) is 0 Å². The van der Waals surface area contributed by atoms with Gasteiger partial charge in [0.1, 0.15) is 5.82 Å². The summed E-state index contributed by atoms with van der Waals surface area (Å²) in [5.74, 6) is 0.102. The molecular weight excluding hydrogens is 229 g/mol. The van der Waals surface area contributed by atoms with E-state index < -0.39 is 0 Å². The first-order chi connectivity index (χ1) is 7.69. The number of halogens is 2. The Morgan fingerprint density at radius 2 is 2.31 bits per heavy atom. The van der Waals surface area contributed by atoms with Crippen LogP contribution < -0.4 is 0 Å². The number of hydrogen-bond donors (Lipinski definition) is 1. The smallest absolute Gasteiger partial charge is 0.123 e. The van der Waals surface area contributed by atoms with E-state index in [1.54, 1.807) is 6.07 Å². The first-order valence-corrected chi connectivity index (χ1v) is 5.84. The van der Waals surface area contributed by atoms with Crippen LogP contribution in [-0.2, 0) is 6.54 Å². The molecule has 2 rings (SSSR count). The van der Waals surface area contributed by atoms with E-state index in [1.807, 2.05) is 0 Å². The third kappa shape index (κ3) is 2.73. The third-order valence-electron chi connectivity index (χ3n) is 3.03. The van der Waals surface area contributed by atoms with Gasteiger partial charge in [0, 0.05) is 24.7 Å². The largest absolute Gasteiger partial charge is 0.396 e. The van der Waals surface area contributed by atoms with Gasteiger partial charge >= 0.3 is 0 Å². The molecule has 0 amide bonds. The van der Waals surface area contributed by atoms with Crippen molar-refractivity contribution in [1.82, 2.24) is 4.90 Å². The van der Waals surface area contributed by atoms with Crippen molar-refractivity contribution >= 4 is 11.6 Å². The molecule has 1 atom stereocenters. The van der Waals surface area contributed by atoms with E-state index in [1.165, 1.54) is 12.1 Å². The number of rotatable bonds is 3. The van der Waals surface area contributed by atoms with E-state index in [0.717, 1.165) is 25.1 Å². The molecule has 1 saturated heterocycles. The van der Waals surface area contributed by atoms with Crippen LogP contribution in [0.3, 0.4) is 0 Å². The van der Waals surface area contributed by atoms with Crippen molar-refractivity contribution in [1.29, 1.82) is 0 Å². The first-order valence-electron chi connectivity index (χ1n) is 5.46. The van der Waals surface area contributed by atoms with Crippen molar-refractivity contribution in [2.45, 2.75) is 13.0 Å². The number of benzene rings is 1. The van der Waals surface area contributed by atoms with Crippen molar-refractivity contribution in [3.8, 4) is 0 Å². The molecule has 1 heterocycles. The molecule has 4 heteroatoms. The maximum absolute atomic E-state index is 13.0. The van der Waals surface area contributed by atoms with Crippen molar-refractivity contribution < 1.29 is 9.50 Å². The van der Waals surface area contributed by atoms with E-state index in [2.05, 4.69) is 4.90 Å². The maximum atomic E-state index is 13.0. The van der Waals surface area contributed by atoms with Crippen molar-refractivity contribution in [3.63, 3.8) is 0 Å². The Bertz CT molecular complexity index is 372. The van der Waals surface area contributed by atoms with Crippen LogP contribution in [0, 0.1) is 11.7 Å². The Morgan fingerprint density at radius 1 is 1.50 bits per heavy atom. The summed E-state index contributed by atoms with van der Waals surface area (Å²) in [5, 5.41) is 9.64. The lowest BCUT2D eigenvalue weighted by Crippen LogP contribution is -2.21. The monoisotopic (exact) mass is 243 g/mol. The topological polar surface area (TPSA) is 23.5 Å². The fourth-order valence-corrected chi connectivity index (χ4v) is 2.29. The Hall–Kier alpha value is -0.640. The van der Waals surface area contributed by atoms with Crippen LogP contribution in [0.2, 0.25) is 5.02 Å². The predicted molar refractivity (Wildman–Crippen MR) is 61.9 cm³/mol. The van der Waals surface area contributed by atoms with Crippen LogP contribution in [0.1, 0.15) is 12.0 Å². The SMILES string of the molecule is OCC1CCN(Cc2cc(F)ccc2Cl)C1. The second-order valence-corrected chi connectivity index (χ2v) is 4.72. The summed E-state index contributed by atoms with van der Waals surface area (Å²) in [6, 6.07) is 4.44. The van der Waals surface area contributed by atoms with Gasteiger partial charge < -0.3 is 5.11 Å². The molecule has 1 aliphatic heterocycles. The Kier molecular flexibility index (Phi) is 3.79. The van der Waals surface area contributed by atoms with E-state index in [4.69, 9.17) is 16.7 Å². The standard InChI is InChI=1S/C12H15ClFNO/c13-12-2-1-11(14)5-10(12)7-15-4-3-9(6-15)8-16/h1-2,5,9,16H,3-4,6-8H2. The lowest BCUT2D eigenvalue weighted by molar-refractivity contribution is 0.220.